The quantitative estimate of drug-likeness (QED) is 0.0192. The van der Waals surface area contributed by atoms with Crippen LogP contribution in [0.1, 0.15) is 76.5 Å². The smallest absolute Gasteiger partial charge is 2.00 e. The van der Waals surface area contributed by atoms with Gasteiger partial charge in [0.15, 0.2) is 0 Å². The van der Waals surface area contributed by atoms with Gasteiger partial charge in [0.05, 0.1) is 72.2 Å². The van der Waals surface area contributed by atoms with Crippen molar-refractivity contribution in [3.63, 3.8) is 0 Å². The van der Waals surface area contributed by atoms with Crippen molar-refractivity contribution in [2.75, 3.05) is 21.3 Å². The number of nitrogens with zero attached hydrogens (tertiary/aromatic N) is 8. The van der Waals surface area contributed by atoms with Crippen molar-refractivity contribution >= 4 is 25.7 Å². The molecule has 6 aromatic rings. The van der Waals surface area contributed by atoms with Crippen LogP contribution < -0.4 is 0 Å². The number of pyridine rings is 5. The van der Waals surface area contributed by atoms with E-state index in [0.29, 0.717) is 22.8 Å². The Labute approximate surface area is 370 Å². The Bertz CT molecular complexity index is 2380. The summed E-state index contributed by atoms with van der Waals surface area (Å²) in [4.78, 5) is 57.9. The normalized spacial score (nSPS) is 11.8. The molecule has 0 radical (unpaired) electrons. The van der Waals surface area contributed by atoms with E-state index in [1.165, 1.54) is 102 Å². The number of unbranched alkanes of at least 4 members (excludes halogenated alkanes) is 5. The standard InChI is InChI=1S/C21H17N3O6.C20H24N5.F6P.Ru/c1-28-19(25)12-4-6-22-15(8-12)17-10-14(21(27)30-3)11-18(24-17)16-9-13(5-7-23-16)20(26)29-2;1-2-3-4-5-6-9-15-25-20(16-22-24-25)19-13-10-12-18(23-19)17-11-7-8-14-21-17;1-7(2,3,4,5)6;/h4-11H,1-3H3;7-8,10-14H,2-6,9,15H2,1H3;;/q;2*-1;+2. The average molecular weight is 988 g/mol. The Balaban J connectivity index is 0.000000290. The van der Waals surface area contributed by atoms with Crippen LogP contribution in [0.5, 0.6) is 0 Å². The molecule has 0 saturated heterocycles. The zero-order valence-electron chi connectivity index (χ0n) is 34.2. The first-order chi connectivity index (χ1) is 29.3. The fourth-order valence-electron chi connectivity index (χ4n) is 5.50. The molecular formula is C41H41F6N8O6PRu. The van der Waals surface area contributed by atoms with E-state index < -0.39 is 25.7 Å². The van der Waals surface area contributed by atoms with Gasteiger partial charge < -0.3 is 19.2 Å². The Hall–Kier alpha value is -6.07. The van der Waals surface area contributed by atoms with E-state index in [1.807, 2.05) is 41.1 Å². The Morgan fingerprint density at radius 1 is 0.571 bits per heavy atom. The van der Waals surface area contributed by atoms with Gasteiger partial charge in [-0.05, 0) is 61.0 Å². The molecule has 0 aromatic carbocycles. The number of hydrogen-bond donors (Lipinski definition) is 0. The second kappa shape index (κ2) is 22.3. The van der Waals surface area contributed by atoms with Gasteiger partial charge in [-0.3, -0.25) is 19.6 Å². The topological polar surface area (TPSA) is 174 Å². The van der Waals surface area contributed by atoms with Gasteiger partial charge in [-0.25, -0.2) is 24.5 Å². The molecule has 0 amide bonds. The van der Waals surface area contributed by atoms with Crippen LogP contribution in [0, 0.1) is 6.20 Å². The molecule has 63 heavy (non-hydrogen) atoms. The fourth-order valence-corrected chi connectivity index (χ4v) is 5.50. The van der Waals surface area contributed by atoms with Gasteiger partial charge >= 0.3 is 70.4 Å². The van der Waals surface area contributed by atoms with Gasteiger partial charge in [-0.2, -0.15) is 0 Å². The first-order valence-corrected chi connectivity index (χ1v) is 20.8. The monoisotopic (exact) mass is 988 g/mol. The molecule has 336 valence electrons. The number of carbonyl (C=O) groups is 3. The van der Waals surface area contributed by atoms with E-state index in [4.69, 9.17) is 19.2 Å². The number of ether oxygens (including phenoxy) is 3. The first-order valence-electron chi connectivity index (χ1n) is 18.8. The molecule has 14 nitrogen and oxygen atoms in total. The number of aromatic nitrogens is 8. The van der Waals surface area contributed by atoms with Crippen molar-refractivity contribution in [3.8, 4) is 45.6 Å². The summed E-state index contributed by atoms with van der Waals surface area (Å²) < 4.78 is 75.4. The van der Waals surface area contributed by atoms with Crippen LogP contribution in [0.3, 0.4) is 0 Å². The second-order valence-corrected chi connectivity index (χ2v) is 15.0. The fraction of sp³-hybridized carbons (Fsp3) is 0.268. The van der Waals surface area contributed by atoms with Crippen LogP contribution >= 0.6 is 7.81 Å². The Kier molecular flexibility index (Phi) is 18.2. The van der Waals surface area contributed by atoms with Crippen molar-refractivity contribution in [2.45, 2.75) is 52.0 Å². The number of halogens is 6. The largest absolute Gasteiger partial charge is 2.00 e. The molecule has 0 atom stereocenters. The molecule has 0 aliphatic carbocycles. The van der Waals surface area contributed by atoms with Crippen LogP contribution in [0.25, 0.3) is 45.6 Å². The number of methoxy groups -OCH3 is 3. The van der Waals surface area contributed by atoms with Gasteiger partial charge in [-0.1, -0.05) is 74.0 Å². The summed E-state index contributed by atoms with van der Waals surface area (Å²) in [5.41, 5.74) is 5.44. The summed E-state index contributed by atoms with van der Waals surface area (Å²) in [5, 5.41) is 8.15. The number of hydrogen-bond acceptors (Lipinski definition) is 13. The minimum atomic E-state index is -10.7. The zero-order chi connectivity index (χ0) is 45.4. The molecular weight excluding hydrogens is 947 g/mol. The summed E-state index contributed by atoms with van der Waals surface area (Å²) >= 11 is 0. The van der Waals surface area contributed by atoms with Crippen LogP contribution in [0.4, 0.5) is 25.2 Å². The number of rotatable bonds is 14. The zero-order valence-corrected chi connectivity index (χ0v) is 36.8. The van der Waals surface area contributed by atoms with Crippen LogP contribution in [0.15, 0.2) is 91.4 Å². The van der Waals surface area contributed by atoms with Crippen LogP contribution in [-0.4, -0.2) is 79.2 Å². The van der Waals surface area contributed by atoms with Crippen molar-refractivity contribution in [2.24, 2.45) is 0 Å². The van der Waals surface area contributed by atoms with E-state index >= 15 is 0 Å². The predicted octanol–water partition coefficient (Wildman–Crippen LogP) is 10.5. The van der Waals surface area contributed by atoms with Crippen molar-refractivity contribution in [1.82, 2.24) is 39.9 Å². The first kappa shape index (κ1) is 51.3. The molecule has 0 aliphatic heterocycles. The van der Waals surface area contributed by atoms with Gasteiger partial charge in [-0.15, -0.1) is 6.07 Å². The second-order valence-electron chi connectivity index (χ2n) is 13.1. The van der Waals surface area contributed by atoms with Crippen LogP contribution in [0.2, 0.25) is 0 Å². The molecule has 22 heteroatoms. The third-order valence-electron chi connectivity index (χ3n) is 8.34. The molecule has 0 unspecified atom stereocenters. The molecule has 6 aromatic heterocycles. The minimum absolute atomic E-state index is 0. The molecule has 0 saturated carbocycles. The van der Waals surface area contributed by atoms with Crippen LogP contribution in [-0.2, 0) is 40.2 Å². The van der Waals surface area contributed by atoms with E-state index in [2.05, 4.69) is 43.4 Å². The van der Waals surface area contributed by atoms with Crippen molar-refractivity contribution < 1.29 is 73.3 Å². The Morgan fingerprint density at radius 2 is 1.03 bits per heavy atom. The summed E-state index contributed by atoms with van der Waals surface area (Å²) in [7, 11) is -6.85. The summed E-state index contributed by atoms with van der Waals surface area (Å²) in [5.74, 6) is -1.65. The summed E-state index contributed by atoms with van der Waals surface area (Å²) in [6, 6.07) is 20.7. The number of carbonyl (C=O) groups excluding carboxylic acids is 3. The molecule has 6 heterocycles. The number of aryl methyl sites for hydroxylation is 1. The van der Waals surface area contributed by atoms with Crippen molar-refractivity contribution in [1.29, 1.82) is 0 Å². The van der Waals surface area contributed by atoms with E-state index in [-0.39, 0.29) is 36.2 Å². The SMILES string of the molecule is CCCCCCCCn1nn[c-]c1-c1cccc(-c2ccccn2)n1.COC(=O)c1ccnc(-c2cc(C(=O)OC)cc(-c3cc(C(=O)OC)ccn3)n2)c1.F[P-](F)(F)(F)(F)F.[Ru+2]. The third-order valence-corrected chi connectivity index (χ3v) is 8.34. The average Bonchev–Trinajstić information content (AvgIpc) is 3.75. The predicted molar refractivity (Wildman–Crippen MR) is 217 cm³/mol. The summed E-state index contributed by atoms with van der Waals surface area (Å²) in [6.45, 7) is 3.09. The number of esters is 3. The molecule has 0 N–H and O–H groups in total. The third kappa shape index (κ3) is 17.7. The minimum Gasteiger partial charge on any atom is 2.00 e. The maximum absolute atomic E-state index is 12.2. The molecule has 0 fully saturated rings. The maximum atomic E-state index is 12.2. The van der Waals surface area contributed by atoms with Gasteiger partial charge in [0.2, 0.25) is 0 Å². The van der Waals surface area contributed by atoms with Crippen molar-refractivity contribution in [3.05, 3.63) is 114 Å². The molecule has 0 spiro atoms. The summed E-state index contributed by atoms with van der Waals surface area (Å²) in [6.07, 6.45) is 15.2. The Morgan fingerprint density at radius 3 is 1.56 bits per heavy atom. The maximum Gasteiger partial charge on any atom is 2.00 e. The molecule has 0 bridgehead atoms. The van der Waals surface area contributed by atoms with Gasteiger partial charge in [0, 0.05) is 25.1 Å². The molecule has 0 aliphatic rings. The van der Waals surface area contributed by atoms with E-state index in [9.17, 15) is 39.6 Å². The van der Waals surface area contributed by atoms with Gasteiger partial charge in [0.1, 0.15) is 0 Å². The van der Waals surface area contributed by atoms with Gasteiger partial charge in [0.25, 0.3) is 0 Å². The van der Waals surface area contributed by atoms with E-state index in [1.54, 1.807) is 6.20 Å². The van der Waals surface area contributed by atoms with E-state index in [0.717, 1.165) is 35.7 Å². The molecule has 6 rings (SSSR count).